The van der Waals surface area contributed by atoms with Gasteiger partial charge in [-0.15, -0.1) is 0 Å². The van der Waals surface area contributed by atoms with Crippen molar-refractivity contribution in [3.8, 4) is 0 Å². The molecule has 1 rings (SSSR count). The van der Waals surface area contributed by atoms with E-state index in [0.29, 0.717) is 6.42 Å². The number of nitrogens with one attached hydrogen (secondary N) is 1. The van der Waals surface area contributed by atoms with Gasteiger partial charge in [0.05, 0.1) is 24.4 Å². The molecule has 0 aliphatic rings. The van der Waals surface area contributed by atoms with Crippen molar-refractivity contribution < 1.29 is 34.0 Å². The van der Waals surface area contributed by atoms with Gasteiger partial charge in [0.1, 0.15) is 12.2 Å². The highest BCUT2D eigenvalue weighted by Crippen LogP contribution is 2.58. The molecule has 5 atom stereocenters. The van der Waals surface area contributed by atoms with E-state index in [0.717, 1.165) is 10.8 Å². The smallest absolute Gasteiger partial charge is 0.359 e. The van der Waals surface area contributed by atoms with Crippen LogP contribution in [0.25, 0.3) is 0 Å². The molecule has 0 fully saturated rings. The van der Waals surface area contributed by atoms with Crippen molar-refractivity contribution in [1.29, 1.82) is 0 Å². The van der Waals surface area contributed by atoms with Crippen LogP contribution >= 0.6 is 7.60 Å². The fourth-order valence-electron chi connectivity index (χ4n) is 2.58. The predicted octanol–water partition coefficient (Wildman–Crippen LogP) is 0.364. The van der Waals surface area contributed by atoms with Crippen LogP contribution in [0.5, 0.6) is 0 Å². The number of aliphatic hydroxyl groups excluding tert-OH is 2. The van der Waals surface area contributed by atoms with E-state index in [1.807, 2.05) is 0 Å². The molecule has 0 aromatic carbocycles. The molecule has 0 saturated heterocycles. The molecule has 0 radical (unpaired) electrons. The Morgan fingerprint density at radius 2 is 1.87 bits per heavy atom. The lowest BCUT2D eigenvalue weighted by atomic mass is 10.00. The standard InChI is InChI=1S/C18H33N2O9P/c1-6-17(3,29-30(26,27)18(4,25)7-2)8-9-28-14(13(22)11-21)12-10-19-16(24)20(5)15(12)23/h10,13-14,21-22,25H,6-9,11H2,1-5H3,(H,19,24)(H,26,27)/t13-,14+,17?,18-/m1/s1. The number of aromatic amines is 1. The quantitative estimate of drug-likeness (QED) is 0.281. The summed E-state index contributed by atoms with van der Waals surface area (Å²) in [6.45, 7) is 5.30. The van der Waals surface area contributed by atoms with Crippen LogP contribution in [0, 0.1) is 0 Å². The molecular weight excluding hydrogens is 419 g/mol. The molecule has 5 N–H and O–H groups in total. The second-order valence-electron chi connectivity index (χ2n) is 7.69. The van der Waals surface area contributed by atoms with Crippen LogP contribution in [0.1, 0.15) is 58.6 Å². The maximum Gasteiger partial charge on any atom is 0.359 e. The summed E-state index contributed by atoms with van der Waals surface area (Å²) in [5.74, 6) is 0. The highest BCUT2D eigenvalue weighted by Gasteiger charge is 2.46. The van der Waals surface area contributed by atoms with Gasteiger partial charge in [0.25, 0.3) is 5.56 Å². The van der Waals surface area contributed by atoms with Crippen LogP contribution in [0.3, 0.4) is 0 Å². The van der Waals surface area contributed by atoms with E-state index >= 15 is 0 Å². The molecule has 0 spiro atoms. The summed E-state index contributed by atoms with van der Waals surface area (Å²) < 4.78 is 24.4. The molecule has 30 heavy (non-hydrogen) atoms. The Bertz CT molecular complexity index is 866. The van der Waals surface area contributed by atoms with Crippen molar-refractivity contribution in [2.45, 2.75) is 70.1 Å². The summed E-state index contributed by atoms with van der Waals surface area (Å²) in [7, 11) is -3.13. The van der Waals surface area contributed by atoms with Crippen LogP contribution in [0.4, 0.5) is 0 Å². The van der Waals surface area contributed by atoms with Crippen LogP contribution in [0.15, 0.2) is 15.8 Å². The summed E-state index contributed by atoms with van der Waals surface area (Å²) in [5.41, 5.74) is -2.53. The number of ether oxygens (including phenoxy) is 1. The second-order valence-corrected chi connectivity index (χ2v) is 9.88. The molecule has 1 heterocycles. The fraction of sp³-hybridized carbons (Fsp3) is 0.778. The van der Waals surface area contributed by atoms with Gasteiger partial charge >= 0.3 is 13.3 Å². The molecule has 2 unspecified atom stereocenters. The number of aliphatic hydroxyl groups is 3. The number of hydrogen-bond donors (Lipinski definition) is 5. The molecule has 0 aliphatic carbocycles. The minimum atomic E-state index is -4.38. The van der Waals surface area contributed by atoms with Crippen molar-refractivity contribution in [3.05, 3.63) is 32.6 Å². The number of aromatic nitrogens is 2. The van der Waals surface area contributed by atoms with E-state index in [1.54, 1.807) is 20.8 Å². The Balaban J connectivity index is 3.02. The van der Waals surface area contributed by atoms with Crippen LogP contribution in [-0.2, 0) is 20.9 Å². The lowest BCUT2D eigenvalue weighted by molar-refractivity contribution is -0.0762. The molecule has 1 aromatic heterocycles. The predicted molar refractivity (Wildman–Crippen MR) is 109 cm³/mol. The SMILES string of the molecule is CCC(C)(CCO[C@@H](c1c[nH]c(=O)n(C)c1=O)[C@H](O)CO)OP(=O)(O)[C@@](C)(O)CC. The van der Waals surface area contributed by atoms with Gasteiger partial charge in [-0.05, 0) is 26.7 Å². The summed E-state index contributed by atoms with van der Waals surface area (Å²) in [5, 5.41) is 27.7. The summed E-state index contributed by atoms with van der Waals surface area (Å²) in [6.07, 6.45) is -1.16. The van der Waals surface area contributed by atoms with Crippen molar-refractivity contribution in [2.24, 2.45) is 7.05 Å². The van der Waals surface area contributed by atoms with Gasteiger partial charge in [-0.3, -0.25) is 13.9 Å². The molecule has 12 heteroatoms. The fourth-order valence-corrected chi connectivity index (χ4v) is 3.99. The molecule has 0 aliphatic heterocycles. The van der Waals surface area contributed by atoms with Gasteiger partial charge in [0.15, 0.2) is 5.34 Å². The first-order chi connectivity index (χ1) is 13.7. The van der Waals surface area contributed by atoms with Gasteiger partial charge in [-0.2, -0.15) is 0 Å². The van der Waals surface area contributed by atoms with Crippen molar-refractivity contribution >= 4 is 7.60 Å². The molecule has 0 bridgehead atoms. The molecule has 0 amide bonds. The lowest BCUT2D eigenvalue weighted by Crippen LogP contribution is -2.39. The first kappa shape index (κ1) is 26.7. The number of nitrogens with zero attached hydrogens (tertiary/aromatic N) is 1. The highest BCUT2D eigenvalue weighted by molar-refractivity contribution is 7.54. The molecule has 1 aromatic rings. The third-order valence-electron chi connectivity index (χ3n) is 5.35. The van der Waals surface area contributed by atoms with Crippen molar-refractivity contribution in [1.82, 2.24) is 9.55 Å². The van der Waals surface area contributed by atoms with Crippen LogP contribution < -0.4 is 11.2 Å². The zero-order valence-electron chi connectivity index (χ0n) is 18.0. The number of H-pyrrole nitrogens is 1. The normalized spacial score (nSPS) is 20.0. The lowest BCUT2D eigenvalue weighted by Gasteiger charge is -2.36. The van der Waals surface area contributed by atoms with E-state index in [4.69, 9.17) is 9.26 Å². The Kier molecular flexibility index (Phi) is 9.19. The topological polar surface area (TPSA) is 171 Å². The highest BCUT2D eigenvalue weighted by atomic mass is 31.2. The minimum absolute atomic E-state index is 0.0113. The van der Waals surface area contributed by atoms with E-state index in [9.17, 15) is 34.4 Å². The van der Waals surface area contributed by atoms with Crippen LogP contribution in [-0.4, -0.2) is 60.0 Å². The van der Waals surface area contributed by atoms with Crippen LogP contribution in [0.2, 0.25) is 0 Å². The zero-order valence-corrected chi connectivity index (χ0v) is 18.9. The monoisotopic (exact) mass is 452 g/mol. The molecule has 174 valence electrons. The molecule has 11 nitrogen and oxygen atoms in total. The van der Waals surface area contributed by atoms with Crippen molar-refractivity contribution in [3.63, 3.8) is 0 Å². The maximum atomic E-state index is 12.5. The summed E-state index contributed by atoms with van der Waals surface area (Å²) in [4.78, 5) is 36.5. The average Bonchev–Trinajstić information content (AvgIpc) is 2.69. The zero-order chi connectivity index (χ0) is 23.3. The first-order valence-electron chi connectivity index (χ1n) is 9.70. The van der Waals surface area contributed by atoms with Crippen molar-refractivity contribution in [2.75, 3.05) is 13.2 Å². The van der Waals surface area contributed by atoms with E-state index < -0.39 is 48.6 Å². The Hall–Kier alpha value is -1.33. The Labute approximate surface area is 174 Å². The van der Waals surface area contributed by atoms with Gasteiger partial charge < -0.3 is 34.5 Å². The summed E-state index contributed by atoms with van der Waals surface area (Å²) >= 11 is 0. The van der Waals surface area contributed by atoms with E-state index in [-0.39, 0.29) is 25.0 Å². The Morgan fingerprint density at radius 1 is 1.27 bits per heavy atom. The van der Waals surface area contributed by atoms with Gasteiger partial charge in [0.2, 0.25) is 0 Å². The van der Waals surface area contributed by atoms with Gasteiger partial charge in [-0.1, -0.05) is 13.8 Å². The number of hydrogen-bond acceptors (Lipinski definition) is 8. The van der Waals surface area contributed by atoms with E-state index in [2.05, 4.69) is 4.98 Å². The van der Waals surface area contributed by atoms with Gasteiger partial charge in [-0.25, -0.2) is 4.79 Å². The summed E-state index contributed by atoms with van der Waals surface area (Å²) in [6, 6.07) is 0. The molecule has 0 saturated carbocycles. The average molecular weight is 452 g/mol. The minimum Gasteiger partial charge on any atom is -0.394 e. The third-order valence-corrected chi connectivity index (χ3v) is 7.57. The Morgan fingerprint density at radius 3 is 2.37 bits per heavy atom. The molecular formula is C18H33N2O9P. The largest absolute Gasteiger partial charge is 0.394 e. The third kappa shape index (κ3) is 6.10. The maximum absolute atomic E-state index is 12.5. The first-order valence-corrected chi connectivity index (χ1v) is 11.3. The van der Waals surface area contributed by atoms with Gasteiger partial charge in [0, 0.05) is 19.7 Å². The van der Waals surface area contributed by atoms with E-state index in [1.165, 1.54) is 14.0 Å². The number of rotatable bonds is 12. The second kappa shape index (κ2) is 10.3.